The molecule has 0 amide bonds. The summed E-state index contributed by atoms with van der Waals surface area (Å²) in [5, 5.41) is 3.79. The molecule has 1 nitrogen and oxygen atoms in total. The molecule has 2 aromatic rings. The molecule has 20 heavy (non-hydrogen) atoms. The molecule has 0 heterocycles. The maximum Gasteiger partial charge on any atom is 0.0571 e. The van der Waals surface area contributed by atoms with Gasteiger partial charge in [0.05, 0.1) is 5.38 Å². The van der Waals surface area contributed by atoms with Crippen molar-refractivity contribution in [2.75, 3.05) is 0 Å². The van der Waals surface area contributed by atoms with Gasteiger partial charge in [-0.2, -0.15) is 0 Å². The van der Waals surface area contributed by atoms with Gasteiger partial charge in [-0.25, -0.2) is 0 Å². The Morgan fingerprint density at radius 2 is 1.95 bits per heavy atom. The molecule has 0 fully saturated rings. The van der Waals surface area contributed by atoms with Gasteiger partial charge in [0.25, 0.3) is 0 Å². The SMILES string of the molecule is Cc1ccc(C)c(CNC2c3ccccc3CC2Cl)c1. The van der Waals surface area contributed by atoms with Crippen LogP contribution in [-0.2, 0) is 13.0 Å². The Kier molecular flexibility index (Phi) is 3.82. The highest BCUT2D eigenvalue weighted by molar-refractivity contribution is 6.21. The maximum atomic E-state index is 6.52. The molecule has 104 valence electrons. The van der Waals surface area contributed by atoms with Crippen molar-refractivity contribution in [3.8, 4) is 0 Å². The molecule has 1 aliphatic carbocycles. The molecule has 3 rings (SSSR count). The third-order valence-electron chi connectivity index (χ3n) is 4.18. The van der Waals surface area contributed by atoms with Crippen molar-refractivity contribution < 1.29 is 0 Å². The van der Waals surface area contributed by atoms with Gasteiger partial charge in [0.15, 0.2) is 0 Å². The van der Waals surface area contributed by atoms with E-state index in [1.165, 1.54) is 27.8 Å². The van der Waals surface area contributed by atoms with Crippen LogP contribution in [0.3, 0.4) is 0 Å². The quantitative estimate of drug-likeness (QED) is 0.829. The van der Waals surface area contributed by atoms with Crippen LogP contribution in [0.2, 0.25) is 0 Å². The monoisotopic (exact) mass is 285 g/mol. The van der Waals surface area contributed by atoms with E-state index in [-0.39, 0.29) is 11.4 Å². The van der Waals surface area contributed by atoms with E-state index in [9.17, 15) is 0 Å². The van der Waals surface area contributed by atoms with Crippen molar-refractivity contribution in [1.29, 1.82) is 0 Å². The topological polar surface area (TPSA) is 12.0 Å². The summed E-state index contributed by atoms with van der Waals surface area (Å²) in [6.07, 6.45) is 0.961. The van der Waals surface area contributed by atoms with Crippen LogP contribution in [0.15, 0.2) is 42.5 Å². The highest BCUT2D eigenvalue weighted by Crippen LogP contribution is 2.34. The first-order valence-electron chi connectivity index (χ1n) is 7.16. The minimum absolute atomic E-state index is 0.150. The van der Waals surface area contributed by atoms with Crippen LogP contribution in [0.5, 0.6) is 0 Å². The minimum Gasteiger partial charge on any atom is -0.305 e. The Labute approximate surface area is 126 Å². The standard InChI is InChI=1S/C18H20ClN/c1-12-7-8-13(2)15(9-12)11-20-18-16-6-4-3-5-14(16)10-17(18)19/h3-9,17-18,20H,10-11H2,1-2H3. The number of benzene rings is 2. The molecule has 1 N–H and O–H groups in total. The molecule has 2 atom stereocenters. The third kappa shape index (κ3) is 2.61. The fourth-order valence-corrected chi connectivity index (χ4v) is 3.39. The van der Waals surface area contributed by atoms with E-state index in [0.717, 1.165) is 13.0 Å². The predicted octanol–water partition coefficient (Wildman–Crippen LogP) is 4.30. The largest absolute Gasteiger partial charge is 0.305 e. The van der Waals surface area contributed by atoms with Crippen LogP contribution in [0.25, 0.3) is 0 Å². The van der Waals surface area contributed by atoms with Gasteiger partial charge in [-0.1, -0.05) is 48.0 Å². The molecule has 2 unspecified atom stereocenters. The molecule has 0 radical (unpaired) electrons. The first kappa shape index (κ1) is 13.7. The Balaban J connectivity index is 1.77. The zero-order valence-corrected chi connectivity index (χ0v) is 12.7. The molecular formula is C18H20ClN. The summed E-state index contributed by atoms with van der Waals surface area (Å²) in [6.45, 7) is 5.17. The van der Waals surface area contributed by atoms with E-state index in [0.29, 0.717) is 0 Å². The molecule has 0 saturated carbocycles. The molecule has 0 bridgehead atoms. The summed E-state index contributed by atoms with van der Waals surface area (Å²) in [5.74, 6) is 0. The second kappa shape index (κ2) is 5.59. The summed E-state index contributed by atoms with van der Waals surface area (Å²) < 4.78 is 0. The Hall–Kier alpha value is -1.31. The number of hydrogen-bond acceptors (Lipinski definition) is 1. The van der Waals surface area contributed by atoms with Crippen molar-refractivity contribution in [2.45, 2.75) is 38.2 Å². The Morgan fingerprint density at radius 1 is 1.15 bits per heavy atom. The number of alkyl halides is 1. The van der Waals surface area contributed by atoms with Gasteiger partial charge in [-0.05, 0) is 42.5 Å². The number of fused-ring (bicyclic) bond motifs is 1. The summed E-state index contributed by atoms with van der Waals surface area (Å²) >= 11 is 6.52. The van der Waals surface area contributed by atoms with Gasteiger partial charge in [0.2, 0.25) is 0 Å². The Morgan fingerprint density at radius 3 is 2.80 bits per heavy atom. The number of hydrogen-bond donors (Lipinski definition) is 1. The van der Waals surface area contributed by atoms with Crippen LogP contribution in [0.1, 0.15) is 33.9 Å². The zero-order chi connectivity index (χ0) is 14.1. The van der Waals surface area contributed by atoms with E-state index in [1.807, 2.05) is 0 Å². The van der Waals surface area contributed by atoms with Crippen molar-refractivity contribution in [3.63, 3.8) is 0 Å². The lowest BCUT2D eigenvalue weighted by Gasteiger charge is -2.18. The molecule has 0 aromatic heterocycles. The average molecular weight is 286 g/mol. The highest BCUT2D eigenvalue weighted by atomic mass is 35.5. The van der Waals surface area contributed by atoms with Crippen LogP contribution in [-0.4, -0.2) is 5.38 Å². The number of halogens is 1. The number of aryl methyl sites for hydroxylation is 2. The summed E-state index contributed by atoms with van der Waals surface area (Å²) in [6, 6.07) is 15.4. The average Bonchev–Trinajstić information content (AvgIpc) is 2.75. The second-order valence-electron chi connectivity index (χ2n) is 5.71. The van der Waals surface area contributed by atoms with Gasteiger partial charge in [-0.3, -0.25) is 0 Å². The zero-order valence-electron chi connectivity index (χ0n) is 12.0. The third-order valence-corrected chi connectivity index (χ3v) is 4.59. The van der Waals surface area contributed by atoms with Gasteiger partial charge in [0, 0.05) is 12.6 Å². The molecule has 2 aromatic carbocycles. The van der Waals surface area contributed by atoms with E-state index < -0.39 is 0 Å². The summed E-state index contributed by atoms with van der Waals surface area (Å²) in [7, 11) is 0. The van der Waals surface area contributed by atoms with Crippen molar-refractivity contribution in [1.82, 2.24) is 5.32 Å². The van der Waals surface area contributed by atoms with Gasteiger partial charge >= 0.3 is 0 Å². The summed E-state index contributed by atoms with van der Waals surface area (Å²) in [5.41, 5.74) is 6.74. The fourth-order valence-electron chi connectivity index (χ4n) is 2.99. The van der Waals surface area contributed by atoms with Gasteiger partial charge in [0.1, 0.15) is 0 Å². The number of rotatable bonds is 3. The molecule has 1 aliphatic rings. The van der Waals surface area contributed by atoms with Crippen molar-refractivity contribution in [2.24, 2.45) is 0 Å². The van der Waals surface area contributed by atoms with E-state index in [2.05, 4.69) is 61.6 Å². The minimum atomic E-state index is 0.150. The van der Waals surface area contributed by atoms with Crippen LogP contribution in [0, 0.1) is 13.8 Å². The van der Waals surface area contributed by atoms with E-state index >= 15 is 0 Å². The molecular weight excluding hydrogens is 266 g/mol. The summed E-state index contributed by atoms with van der Waals surface area (Å²) in [4.78, 5) is 0. The molecule has 0 aliphatic heterocycles. The van der Waals surface area contributed by atoms with Crippen LogP contribution in [0.4, 0.5) is 0 Å². The lowest BCUT2D eigenvalue weighted by atomic mass is 10.0. The molecule has 0 spiro atoms. The second-order valence-corrected chi connectivity index (χ2v) is 6.27. The highest BCUT2D eigenvalue weighted by Gasteiger charge is 2.30. The first-order chi connectivity index (χ1) is 9.65. The fraction of sp³-hybridized carbons (Fsp3) is 0.333. The molecule has 0 saturated heterocycles. The van der Waals surface area contributed by atoms with Crippen LogP contribution < -0.4 is 5.32 Å². The van der Waals surface area contributed by atoms with Crippen LogP contribution >= 0.6 is 11.6 Å². The van der Waals surface area contributed by atoms with Gasteiger partial charge < -0.3 is 5.32 Å². The Bertz CT molecular complexity index is 621. The molecule has 2 heteroatoms. The maximum absolute atomic E-state index is 6.52. The van der Waals surface area contributed by atoms with E-state index in [1.54, 1.807) is 0 Å². The predicted molar refractivity (Wildman–Crippen MR) is 85.3 cm³/mol. The van der Waals surface area contributed by atoms with Gasteiger partial charge in [-0.15, -0.1) is 11.6 Å². The van der Waals surface area contributed by atoms with Crippen molar-refractivity contribution >= 4 is 11.6 Å². The number of nitrogens with one attached hydrogen (secondary N) is 1. The van der Waals surface area contributed by atoms with Crippen molar-refractivity contribution in [3.05, 3.63) is 70.3 Å². The lowest BCUT2D eigenvalue weighted by molar-refractivity contribution is 0.535. The lowest BCUT2D eigenvalue weighted by Crippen LogP contribution is -2.25. The first-order valence-corrected chi connectivity index (χ1v) is 7.60. The normalized spacial score (nSPS) is 20.9. The smallest absolute Gasteiger partial charge is 0.0571 e. The van der Waals surface area contributed by atoms with E-state index in [4.69, 9.17) is 11.6 Å².